The van der Waals surface area contributed by atoms with Crippen LogP contribution in [-0.2, 0) is 4.79 Å². The van der Waals surface area contributed by atoms with Crippen LogP contribution >= 0.6 is 0 Å². The molecule has 1 fully saturated rings. The normalized spacial score (nSPS) is 18.8. The van der Waals surface area contributed by atoms with Crippen LogP contribution in [0, 0.1) is 5.82 Å². The van der Waals surface area contributed by atoms with E-state index in [0.717, 1.165) is 25.7 Å². The summed E-state index contributed by atoms with van der Waals surface area (Å²) in [5.74, 6) is -1.25. The van der Waals surface area contributed by atoms with Gasteiger partial charge in [-0.2, -0.15) is 0 Å². The molecule has 1 aliphatic carbocycles. The molecule has 1 saturated carbocycles. The van der Waals surface area contributed by atoms with Crippen LogP contribution in [0.15, 0.2) is 24.3 Å². The molecule has 0 amide bonds. The Hall–Kier alpha value is -1.42. The highest BCUT2D eigenvalue weighted by molar-refractivity contribution is 5.75. The number of nitrogens with one attached hydrogen (secondary N) is 1. The molecule has 0 heterocycles. The topological polar surface area (TPSA) is 49.3 Å². The first-order chi connectivity index (χ1) is 9.16. The van der Waals surface area contributed by atoms with Crippen LogP contribution in [0.4, 0.5) is 4.39 Å². The van der Waals surface area contributed by atoms with Crippen molar-refractivity contribution in [2.45, 2.75) is 50.6 Å². The molecule has 0 spiro atoms. The van der Waals surface area contributed by atoms with Crippen molar-refractivity contribution in [3.05, 3.63) is 35.6 Å². The van der Waals surface area contributed by atoms with Crippen LogP contribution < -0.4 is 5.32 Å². The van der Waals surface area contributed by atoms with Gasteiger partial charge in [0, 0.05) is 6.04 Å². The minimum absolute atomic E-state index is 0.244. The summed E-state index contributed by atoms with van der Waals surface area (Å²) in [6, 6.07) is 5.19. The number of rotatable bonds is 4. The fraction of sp³-hybridized carbons (Fsp3) is 0.533. The minimum Gasteiger partial charge on any atom is -0.480 e. The smallest absolute Gasteiger partial charge is 0.325 e. The lowest BCUT2D eigenvalue weighted by molar-refractivity contribution is -0.140. The lowest BCUT2D eigenvalue weighted by atomic mass is 10.0. The van der Waals surface area contributed by atoms with Crippen LogP contribution in [-0.4, -0.2) is 17.1 Å². The van der Waals surface area contributed by atoms with E-state index < -0.39 is 12.0 Å². The number of carboxylic acids is 1. The summed E-state index contributed by atoms with van der Waals surface area (Å²) in [6.07, 6.45) is 6.79. The minimum atomic E-state index is -0.907. The molecule has 0 radical (unpaired) electrons. The predicted octanol–water partition coefficient (Wildman–Crippen LogP) is 3.26. The third-order valence-corrected chi connectivity index (χ3v) is 3.71. The van der Waals surface area contributed by atoms with Crippen LogP contribution in [0.1, 0.15) is 50.1 Å². The molecule has 4 heteroatoms. The van der Waals surface area contributed by atoms with E-state index in [0.29, 0.717) is 5.56 Å². The Labute approximate surface area is 112 Å². The number of carbonyl (C=O) groups is 1. The van der Waals surface area contributed by atoms with Gasteiger partial charge in [-0.3, -0.25) is 10.1 Å². The second-order valence-electron chi connectivity index (χ2n) is 5.18. The molecule has 1 aromatic carbocycles. The fourth-order valence-corrected chi connectivity index (χ4v) is 2.65. The standard InChI is InChI=1S/C15H20FNO2/c16-12-9-7-11(8-10-12)14(15(18)19)17-13-5-3-1-2-4-6-13/h7-10,13-14,17H,1-6H2,(H,18,19). The Morgan fingerprint density at radius 2 is 1.74 bits per heavy atom. The van der Waals surface area contributed by atoms with E-state index in [1.165, 1.54) is 37.1 Å². The molecule has 0 aromatic heterocycles. The summed E-state index contributed by atoms with van der Waals surface area (Å²) < 4.78 is 12.9. The van der Waals surface area contributed by atoms with Crippen molar-refractivity contribution >= 4 is 5.97 Å². The Bertz CT molecular complexity index is 411. The fourth-order valence-electron chi connectivity index (χ4n) is 2.65. The number of carboxylic acid groups (broad SMARTS) is 1. The maximum atomic E-state index is 12.9. The van der Waals surface area contributed by atoms with Crippen molar-refractivity contribution < 1.29 is 14.3 Å². The van der Waals surface area contributed by atoms with E-state index in [1.54, 1.807) is 0 Å². The molecule has 1 unspecified atom stereocenters. The van der Waals surface area contributed by atoms with Gasteiger partial charge < -0.3 is 5.11 Å². The molecule has 3 nitrogen and oxygen atoms in total. The lowest BCUT2D eigenvalue weighted by Gasteiger charge is -2.22. The van der Waals surface area contributed by atoms with Crippen LogP contribution in [0.2, 0.25) is 0 Å². The Balaban J connectivity index is 2.07. The molecule has 19 heavy (non-hydrogen) atoms. The van der Waals surface area contributed by atoms with Gasteiger partial charge in [-0.25, -0.2) is 4.39 Å². The van der Waals surface area contributed by atoms with Crippen molar-refractivity contribution in [2.75, 3.05) is 0 Å². The van der Waals surface area contributed by atoms with Crippen molar-refractivity contribution in [1.82, 2.24) is 5.32 Å². The third-order valence-electron chi connectivity index (χ3n) is 3.71. The summed E-state index contributed by atoms with van der Waals surface area (Å²) in [7, 11) is 0. The van der Waals surface area contributed by atoms with Crippen molar-refractivity contribution in [1.29, 1.82) is 0 Å². The van der Waals surface area contributed by atoms with Gasteiger partial charge in [0.1, 0.15) is 11.9 Å². The van der Waals surface area contributed by atoms with Gasteiger partial charge in [0.2, 0.25) is 0 Å². The highest BCUT2D eigenvalue weighted by atomic mass is 19.1. The van der Waals surface area contributed by atoms with Crippen molar-refractivity contribution in [3.8, 4) is 0 Å². The zero-order valence-corrected chi connectivity index (χ0v) is 10.9. The number of halogens is 1. The highest BCUT2D eigenvalue weighted by Crippen LogP contribution is 2.21. The molecule has 104 valence electrons. The number of benzene rings is 1. The van der Waals surface area contributed by atoms with Crippen molar-refractivity contribution in [2.24, 2.45) is 0 Å². The van der Waals surface area contributed by atoms with E-state index in [2.05, 4.69) is 5.32 Å². The zero-order chi connectivity index (χ0) is 13.7. The molecule has 1 aliphatic rings. The molecule has 0 aliphatic heterocycles. The van der Waals surface area contributed by atoms with Crippen molar-refractivity contribution in [3.63, 3.8) is 0 Å². The molecule has 1 atom stereocenters. The number of hydrogen-bond acceptors (Lipinski definition) is 2. The average Bonchev–Trinajstić information content (AvgIpc) is 2.65. The van der Waals surface area contributed by atoms with Gasteiger partial charge in [0.05, 0.1) is 0 Å². The molecule has 2 rings (SSSR count). The van der Waals surface area contributed by atoms with Gasteiger partial charge in [0.15, 0.2) is 0 Å². The second-order valence-corrected chi connectivity index (χ2v) is 5.18. The van der Waals surface area contributed by atoms with Gasteiger partial charge in [-0.05, 0) is 30.5 Å². The first-order valence-electron chi connectivity index (χ1n) is 6.91. The zero-order valence-electron chi connectivity index (χ0n) is 10.9. The first kappa shape index (κ1) is 14.0. The second kappa shape index (κ2) is 6.66. The Kier molecular flexibility index (Phi) is 4.91. The van der Waals surface area contributed by atoms with Gasteiger partial charge in [-0.1, -0.05) is 37.8 Å². The van der Waals surface area contributed by atoms with Crippen LogP contribution in [0.3, 0.4) is 0 Å². The molecule has 1 aromatic rings. The van der Waals surface area contributed by atoms with Crippen LogP contribution in [0.5, 0.6) is 0 Å². The van der Waals surface area contributed by atoms with E-state index in [9.17, 15) is 14.3 Å². The van der Waals surface area contributed by atoms with Gasteiger partial charge in [-0.15, -0.1) is 0 Å². The summed E-state index contributed by atoms with van der Waals surface area (Å²) in [5, 5.41) is 12.5. The maximum absolute atomic E-state index is 12.9. The molecular formula is C15H20FNO2. The van der Waals surface area contributed by atoms with Gasteiger partial charge >= 0.3 is 5.97 Å². The Morgan fingerprint density at radius 3 is 2.26 bits per heavy atom. The third kappa shape index (κ3) is 4.03. The van der Waals surface area contributed by atoms with E-state index in [4.69, 9.17) is 0 Å². The van der Waals surface area contributed by atoms with Crippen LogP contribution in [0.25, 0.3) is 0 Å². The number of hydrogen-bond donors (Lipinski definition) is 2. The Morgan fingerprint density at radius 1 is 1.16 bits per heavy atom. The lowest BCUT2D eigenvalue weighted by Crippen LogP contribution is -2.36. The van der Waals surface area contributed by atoms with E-state index >= 15 is 0 Å². The molecule has 0 saturated heterocycles. The van der Waals surface area contributed by atoms with E-state index in [-0.39, 0.29) is 11.9 Å². The largest absolute Gasteiger partial charge is 0.480 e. The molecule has 0 bridgehead atoms. The van der Waals surface area contributed by atoms with Gasteiger partial charge in [0.25, 0.3) is 0 Å². The molecule has 2 N–H and O–H groups in total. The summed E-state index contributed by atoms with van der Waals surface area (Å²) >= 11 is 0. The van der Waals surface area contributed by atoms with E-state index in [1.807, 2.05) is 0 Å². The predicted molar refractivity (Wildman–Crippen MR) is 71.4 cm³/mol. The highest BCUT2D eigenvalue weighted by Gasteiger charge is 2.23. The maximum Gasteiger partial charge on any atom is 0.325 e. The monoisotopic (exact) mass is 265 g/mol. The summed E-state index contributed by atoms with van der Waals surface area (Å²) in [6.45, 7) is 0. The first-order valence-corrected chi connectivity index (χ1v) is 6.91. The quantitative estimate of drug-likeness (QED) is 0.821. The molecular weight excluding hydrogens is 245 g/mol. The summed E-state index contributed by atoms with van der Waals surface area (Å²) in [5.41, 5.74) is 0.609. The average molecular weight is 265 g/mol. The SMILES string of the molecule is O=C(O)C(NC1CCCCCC1)c1ccc(F)cc1. The summed E-state index contributed by atoms with van der Waals surface area (Å²) in [4.78, 5) is 11.4. The number of aliphatic carboxylic acids is 1.